The maximum Gasteiger partial charge on any atom is 0.243 e. The molecule has 2 aromatic carbocycles. The molecule has 0 atom stereocenters. The second-order valence-corrected chi connectivity index (χ2v) is 4.30. The lowest BCUT2D eigenvalue weighted by molar-refractivity contribution is -0.114. The minimum atomic E-state index is -0.512. The minimum absolute atomic E-state index is 0.0196. The number of hydrogen-bond donors (Lipinski definition) is 2. The minimum Gasteiger partial charge on any atom is -0.376 e. The molecule has 0 aromatic heterocycles. The van der Waals surface area contributed by atoms with Gasteiger partial charge in [-0.15, -0.1) is 0 Å². The van der Waals surface area contributed by atoms with Crippen LogP contribution in [-0.2, 0) is 4.79 Å². The van der Waals surface area contributed by atoms with E-state index in [2.05, 4.69) is 10.6 Å². The molecule has 0 saturated carbocycles. The van der Waals surface area contributed by atoms with Gasteiger partial charge in [-0.25, -0.2) is 4.39 Å². The van der Waals surface area contributed by atoms with E-state index in [-0.39, 0.29) is 17.5 Å². The Morgan fingerprint density at radius 2 is 1.84 bits per heavy atom. The van der Waals surface area contributed by atoms with Crippen LogP contribution in [0.4, 0.5) is 15.8 Å². The Hall–Kier alpha value is -2.07. The van der Waals surface area contributed by atoms with Crippen molar-refractivity contribution in [1.82, 2.24) is 0 Å². The zero-order valence-corrected chi connectivity index (χ0v) is 10.7. The number of benzene rings is 2. The van der Waals surface area contributed by atoms with Crippen molar-refractivity contribution in [2.75, 3.05) is 17.2 Å². The summed E-state index contributed by atoms with van der Waals surface area (Å²) < 4.78 is 12.9. The first-order chi connectivity index (χ1) is 9.15. The molecule has 2 N–H and O–H groups in total. The lowest BCUT2D eigenvalue weighted by Crippen LogP contribution is -2.21. The zero-order valence-electron chi connectivity index (χ0n) is 9.99. The van der Waals surface area contributed by atoms with E-state index in [9.17, 15) is 9.18 Å². The van der Waals surface area contributed by atoms with Gasteiger partial charge in [0.05, 0.1) is 11.6 Å². The largest absolute Gasteiger partial charge is 0.376 e. The number of rotatable bonds is 4. The normalized spacial score (nSPS) is 10.0. The molecule has 0 spiro atoms. The fourth-order valence-electron chi connectivity index (χ4n) is 1.52. The van der Waals surface area contributed by atoms with Gasteiger partial charge >= 0.3 is 0 Å². The summed E-state index contributed by atoms with van der Waals surface area (Å²) in [6.07, 6.45) is 0. The first-order valence-electron chi connectivity index (χ1n) is 5.69. The van der Waals surface area contributed by atoms with Gasteiger partial charge in [-0.2, -0.15) is 0 Å². The van der Waals surface area contributed by atoms with E-state index in [0.29, 0.717) is 5.69 Å². The third-order valence-electron chi connectivity index (χ3n) is 2.43. The highest BCUT2D eigenvalue weighted by Crippen LogP contribution is 2.19. The van der Waals surface area contributed by atoms with Crippen LogP contribution in [-0.4, -0.2) is 12.5 Å². The molecule has 2 aromatic rings. The highest BCUT2D eigenvalue weighted by atomic mass is 35.5. The summed E-state index contributed by atoms with van der Waals surface area (Å²) in [6.45, 7) is 0.124. The average molecular weight is 279 g/mol. The Morgan fingerprint density at radius 3 is 2.53 bits per heavy atom. The molecular formula is C14H12ClFN2O. The van der Waals surface area contributed by atoms with Gasteiger partial charge in [0.2, 0.25) is 5.91 Å². The lowest BCUT2D eigenvalue weighted by atomic mass is 10.3. The fraction of sp³-hybridized carbons (Fsp3) is 0.0714. The molecule has 3 nitrogen and oxygen atoms in total. The van der Waals surface area contributed by atoms with Gasteiger partial charge in [-0.1, -0.05) is 29.8 Å². The van der Waals surface area contributed by atoms with Crippen LogP contribution in [0.15, 0.2) is 48.5 Å². The molecular weight excluding hydrogens is 267 g/mol. The van der Waals surface area contributed by atoms with Crippen LogP contribution in [0.1, 0.15) is 0 Å². The Kier molecular flexibility index (Phi) is 4.36. The summed E-state index contributed by atoms with van der Waals surface area (Å²) in [5, 5.41) is 5.58. The van der Waals surface area contributed by atoms with Gasteiger partial charge in [-0.3, -0.25) is 4.79 Å². The number of nitrogens with one attached hydrogen (secondary N) is 2. The topological polar surface area (TPSA) is 41.1 Å². The highest BCUT2D eigenvalue weighted by Gasteiger charge is 2.05. The Balaban J connectivity index is 1.89. The monoisotopic (exact) mass is 278 g/mol. The van der Waals surface area contributed by atoms with Crippen molar-refractivity contribution in [2.24, 2.45) is 0 Å². The number of hydrogen-bond acceptors (Lipinski definition) is 2. The van der Waals surface area contributed by atoms with Crippen molar-refractivity contribution >= 4 is 28.9 Å². The van der Waals surface area contributed by atoms with Crippen molar-refractivity contribution in [1.29, 1.82) is 0 Å². The van der Waals surface area contributed by atoms with E-state index in [1.807, 2.05) is 30.3 Å². The first kappa shape index (κ1) is 13.4. The average Bonchev–Trinajstić information content (AvgIpc) is 2.42. The van der Waals surface area contributed by atoms with Crippen LogP contribution in [0.5, 0.6) is 0 Å². The molecule has 0 bridgehead atoms. The molecule has 0 aliphatic heterocycles. The third-order valence-corrected chi connectivity index (χ3v) is 2.72. The number of carbonyl (C=O) groups excluding carboxylic acids is 1. The summed E-state index contributed by atoms with van der Waals surface area (Å²) in [5.41, 5.74) is 1.32. The highest BCUT2D eigenvalue weighted by molar-refractivity contribution is 6.31. The number of anilines is 2. The van der Waals surface area contributed by atoms with Crippen LogP contribution >= 0.6 is 11.6 Å². The molecule has 19 heavy (non-hydrogen) atoms. The van der Waals surface area contributed by atoms with Crippen LogP contribution in [0, 0.1) is 5.82 Å². The van der Waals surface area contributed by atoms with E-state index in [4.69, 9.17) is 11.6 Å². The smallest absolute Gasteiger partial charge is 0.243 e. The molecule has 0 radical (unpaired) electrons. The van der Waals surface area contributed by atoms with Gasteiger partial charge < -0.3 is 10.6 Å². The van der Waals surface area contributed by atoms with Crippen molar-refractivity contribution in [2.45, 2.75) is 0 Å². The number of para-hydroxylation sites is 1. The third kappa shape index (κ3) is 3.96. The van der Waals surface area contributed by atoms with E-state index in [1.54, 1.807) is 0 Å². The SMILES string of the molecule is O=C(CNc1ccccc1)Nc1ccc(F)c(Cl)c1. The standard InChI is InChI=1S/C14H12ClFN2O/c15-12-8-11(6-7-13(12)16)18-14(19)9-17-10-4-2-1-3-5-10/h1-8,17H,9H2,(H,18,19). The van der Waals surface area contributed by atoms with Crippen LogP contribution in [0.2, 0.25) is 5.02 Å². The fourth-order valence-corrected chi connectivity index (χ4v) is 1.70. The first-order valence-corrected chi connectivity index (χ1v) is 6.07. The quantitative estimate of drug-likeness (QED) is 0.898. The molecule has 0 fully saturated rings. The molecule has 5 heteroatoms. The van der Waals surface area contributed by atoms with Gasteiger partial charge in [0.1, 0.15) is 5.82 Å². The van der Waals surface area contributed by atoms with Crippen LogP contribution in [0.3, 0.4) is 0 Å². The lowest BCUT2D eigenvalue weighted by Gasteiger charge is -2.08. The van der Waals surface area contributed by atoms with E-state index in [1.165, 1.54) is 18.2 Å². The maximum absolute atomic E-state index is 12.9. The van der Waals surface area contributed by atoms with E-state index in [0.717, 1.165) is 5.69 Å². The molecule has 98 valence electrons. The molecule has 1 amide bonds. The van der Waals surface area contributed by atoms with Gasteiger partial charge in [0.15, 0.2) is 0 Å². The summed E-state index contributed by atoms with van der Waals surface area (Å²) in [5.74, 6) is -0.742. The van der Waals surface area contributed by atoms with E-state index >= 15 is 0 Å². The molecule has 0 aliphatic rings. The van der Waals surface area contributed by atoms with Crippen molar-refractivity contribution in [3.05, 3.63) is 59.4 Å². The Labute approximate surface area is 115 Å². The second-order valence-electron chi connectivity index (χ2n) is 3.90. The number of carbonyl (C=O) groups is 1. The maximum atomic E-state index is 12.9. The predicted molar refractivity (Wildman–Crippen MR) is 75.0 cm³/mol. The summed E-state index contributed by atoms with van der Waals surface area (Å²) in [6, 6.07) is 13.4. The van der Waals surface area contributed by atoms with Gasteiger partial charge in [0.25, 0.3) is 0 Å². The molecule has 0 aliphatic carbocycles. The van der Waals surface area contributed by atoms with Gasteiger partial charge in [-0.05, 0) is 30.3 Å². The molecule has 0 heterocycles. The summed E-state index contributed by atoms with van der Waals surface area (Å²) >= 11 is 5.63. The summed E-state index contributed by atoms with van der Waals surface area (Å²) in [7, 11) is 0. The Bertz CT molecular complexity index is 575. The van der Waals surface area contributed by atoms with Crippen molar-refractivity contribution in [3.63, 3.8) is 0 Å². The van der Waals surface area contributed by atoms with Crippen LogP contribution in [0.25, 0.3) is 0 Å². The Morgan fingerprint density at radius 1 is 1.11 bits per heavy atom. The van der Waals surface area contributed by atoms with Crippen molar-refractivity contribution in [3.8, 4) is 0 Å². The number of halogens is 2. The van der Waals surface area contributed by atoms with Gasteiger partial charge in [0, 0.05) is 11.4 Å². The second kappa shape index (κ2) is 6.20. The molecule has 2 rings (SSSR count). The molecule has 0 unspecified atom stereocenters. The van der Waals surface area contributed by atoms with Crippen molar-refractivity contribution < 1.29 is 9.18 Å². The molecule has 0 saturated heterocycles. The summed E-state index contributed by atoms with van der Waals surface area (Å²) in [4.78, 5) is 11.7. The number of amides is 1. The van der Waals surface area contributed by atoms with Crippen LogP contribution < -0.4 is 10.6 Å². The zero-order chi connectivity index (χ0) is 13.7. The van der Waals surface area contributed by atoms with E-state index < -0.39 is 5.82 Å². The predicted octanol–water partition coefficient (Wildman–Crippen LogP) is 3.53.